The molecule has 0 spiro atoms. The topological polar surface area (TPSA) is 50.2 Å². The normalized spacial score (nSPS) is 11.6. The Balaban J connectivity index is 3.02. The molecule has 1 N–H and O–H groups in total. The van der Waals surface area contributed by atoms with Crippen molar-refractivity contribution in [1.82, 2.24) is 14.9 Å². The maximum absolute atomic E-state index is 12.5. The minimum atomic E-state index is -0.226. The van der Waals surface area contributed by atoms with E-state index >= 15 is 0 Å². The van der Waals surface area contributed by atoms with Crippen LogP contribution in [0.1, 0.15) is 34.6 Å². The molecule has 5 nitrogen and oxygen atoms in total. The van der Waals surface area contributed by atoms with Gasteiger partial charge in [-0.1, -0.05) is 6.92 Å². The Labute approximate surface area is 115 Å². The fourth-order valence-electron chi connectivity index (χ4n) is 1.95. The van der Waals surface area contributed by atoms with Gasteiger partial charge in [0.1, 0.15) is 0 Å². The predicted molar refractivity (Wildman–Crippen MR) is 79.9 cm³/mol. The number of nitrogens with one attached hydrogen (secondary N) is 1. The quantitative estimate of drug-likeness (QED) is 0.792. The summed E-state index contributed by atoms with van der Waals surface area (Å²) in [5.41, 5.74) is -0.246. The highest BCUT2D eigenvalue weighted by Gasteiger charge is 2.18. The number of aromatic nitrogens is 2. The number of hydrogen-bond acceptors (Lipinski definition) is 4. The minimum Gasteiger partial charge on any atom is -0.351 e. The van der Waals surface area contributed by atoms with E-state index < -0.39 is 0 Å². The maximum atomic E-state index is 12.5. The van der Waals surface area contributed by atoms with Crippen molar-refractivity contribution in [2.24, 2.45) is 0 Å². The summed E-state index contributed by atoms with van der Waals surface area (Å²) in [5.74, 6) is 0.540. The number of anilines is 1. The molecule has 0 aliphatic carbocycles. The third-order valence-electron chi connectivity index (χ3n) is 3.04. The van der Waals surface area contributed by atoms with Crippen LogP contribution in [-0.2, 0) is 5.54 Å². The summed E-state index contributed by atoms with van der Waals surface area (Å²) in [7, 11) is 0. The molecule has 0 unspecified atom stereocenters. The van der Waals surface area contributed by atoms with Gasteiger partial charge in [0.15, 0.2) is 5.82 Å². The van der Waals surface area contributed by atoms with Gasteiger partial charge in [-0.05, 0) is 34.2 Å². The van der Waals surface area contributed by atoms with E-state index in [1.54, 1.807) is 17.0 Å². The summed E-state index contributed by atoms with van der Waals surface area (Å²) in [6.07, 6.45) is 3.46. The second-order valence-corrected chi connectivity index (χ2v) is 5.53. The minimum absolute atomic E-state index is 0.0200. The first-order valence-electron chi connectivity index (χ1n) is 6.95. The molecule has 108 valence electrons. The summed E-state index contributed by atoms with van der Waals surface area (Å²) in [6, 6.07) is 0. The zero-order valence-corrected chi connectivity index (χ0v) is 12.7. The van der Waals surface area contributed by atoms with Crippen LogP contribution < -0.4 is 15.8 Å². The van der Waals surface area contributed by atoms with Crippen LogP contribution in [0.3, 0.4) is 0 Å². The van der Waals surface area contributed by atoms with Gasteiger partial charge in [0.05, 0.1) is 0 Å². The largest absolute Gasteiger partial charge is 0.351 e. The van der Waals surface area contributed by atoms with Gasteiger partial charge in [0, 0.05) is 37.6 Å². The van der Waals surface area contributed by atoms with Gasteiger partial charge < -0.3 is 14.8 Å². The zero-order valence-electron chi connectivity index (χ0n) is 12.7. The van der Waals surface area contributed by atoms with Crippen molar-refractivity contribution in [1.29, 1.82) is 0 Å². The second kappa shape index (κ2) is 6.70. The molecule has 0 aromatic carbocycles. The fourth-order valence-corrected chi connectivity index (χ4v) is 1.95. The number of nitrogens with zero attached hydrogens (tertiary/aromatic N) is 3. The van der Waals surface area contributed by atoms with Gasteiger partial charge in [-0.3, -0.25) is 4.79 Å². The molecule has 0 aliphatic rings. The van der Waals surface area contributed by atoms with E-state index in [1.165, 1.54) is 0 Å². The van der Waals surface area contributed by atoms with Crippen molar-refractivity contribution in [3.05, 3.63) is 22.7 Å². The van der Waals surface area contributed by atoms with Crippen molar-refractivity contribution in [3.63, 3.8) is 0 Å². The lowest BCUT2D eigenvalue weighted by molar-refractivity contribution is 0.382. The molecule has 0 saturated carbocycles. The third-order valence-corrected chi connectivity index (χ3v) is 3.04. The van der Waals surface area contributed by atoms with Crippen LogP contribution in [0.5, 0.6) is 0 Å². The summed E-state index contributed by atoms with van der Waals surface area (Å²) in [4.78, 5) is 18.8. The smallest absolute Gasteiger partial charge is 0.293 e. The highest BCUT2D eigenvalue weighted by Crippen LogP contribution is 2.12. The van der Waals surface area contributed by atoms with Gasteiger partial charge in [-0.15, -0.1) is 0 Å². The zero-order chi connectivity index (χ0) is 14.5. The van der Waals surface area contributed by atoms with Crippen molar-refractivity contribution in [2.45, 2.75) is 40.2 Å². The Hall–Kier alpha value is -1.36. The molecule has 1 aromatic heterocycles. The van der Waals surface area contributed by atoms with Crippen LogP contribution in [0.25, 0.3) is 0 Å². The van der Waals surface area contributed by atoms with Gasteiger partial charge in [-0.2, -0.15) is 0 Å². The van der Waals surface area contributed by atoms with E-state index in [9.17, 15) is 4.79 Å². The van der Waals surface area contributed by atoms with E-state index in [2.05, 4.69) is 17.2 Å². The lowest BCUT2D eigenvalue weighted by atomic mass is 10.1. The molecule has 0 bridgehead atoms. The Kier molecular flexibility index (Phi) is 5.54. The van der Waals surface area contributed by atoms with Gasteiger partial charge in [0.2, 0.25) is 0 Å². The first kappa shape index (κ1) is 15.7. The fraction of sp³-hybridized carbons (Fsp3) is 0.714. The summed E-state index contributed by atoms with van der Waals surface area (Å²) < 4.78 is 1.74. The Morgan fingerprint density at radius 3 is 2.58 bits per heavy atom. The van der Waals surface area contributed by atoms with Crippen LogP contribution in [0, 0.1) is 0 Å². The van der Waals surface area contributed by atoms with Gasteiger partial charge in [-0.25, -0.2) is 4.98 Å². The second-order valence-electron chi connectivity index (χ2n) is 5.53. The summed E-state index contributed by atoms with van der Waals surface area (Å²) >= 11 is 0. The van der Waals surface area contributed by atoms with E-state index in [0.717, 1.165) is 26.2 Å². The average Bonchev–Trinajstić information content (AvgIpc) is 2.34. The van der Waals surface area contributed by atoms with E-state index in [4.69, 9.17) is 0 Å². The monoisotopic (exact) mass is 266 g/mol. The molecule has 0 fully saturated rings. The Morgan fingerprint density at radius 1 is 1.37 bits per heavy atom. The number of rotatable bonds is 6. The van der Waals surface area contributed by atoms with Crippen molar-refractivity contribution >= 4 is 5.82 Å². The predicted octanol–water partition coefficient (Wildman–Crippen LogP) is 1.43. The first-order valence-corrected chi connectivity index (χ1v) is 6.95. The van der Waals surface area contributed by atoms with E-state index in [-0.39, 0.29) is 11.1 Å². The lowest BCUT2D eigenvalue weighted by Crippen LogP contribution is -2.41. The average molecular weight is 266 g/mol. The van der Waals surface area contributed by atoms with Crippen LogP contribution in [0.2, 0.25) is 0 Å². The number of likely N-dealkylation sites (N-methyl/N-ethyl adjacent to an activating group) is 2. The van der Waals surface area contributed by atoms with E-state index in [0.29, 0.717) is 5.82 Å². The molecule has 0 atom stereocenters. The standard InChI is InChI=1S/C14H26N4O/c1-6-15-8-10-17(7-2)12-13(19)18(11-9-16-12)14(3,4)5/h9,11,15H,6-8,10H2,1-5H3. The molecule has 0 saturated heterocycles. The molecule has 0 aliphatic heterocycles. The van der Waals surface area contributed by atoms with Crippen LogP contribution in [-0.4, -0.2) is 35.7 Å². The molecule has 1 aromatic rings. The molecule has 19 heavy (non-hydrogen) atoms. The highest BCUT2D eigenvalue weighted by atomic mass is 16.1. The van der Waals surface area contributed by atoms with Crippen LogP contribution >= 0.6 is 0 Å². The first-order chi connectivity index (χ1) is 8.91. The Bertz CT molecular complexity index is 447. The summed E-state index contributed by atoms with van der Waals surface area (Å²) in [5, 5.41) is 3.27. The molecule has 0 radical (unpaired) electrons. The maximum Gasteiger partial charge on any atom is 0.293 e. The summed E-state index contributed by atoms with van der Waals surface area (Å²) in [6.45, 7) is 13.5. The Morgan fingerprint density at radius 2 is 2.05 bits per heavy atom. The molecule has 1 rings (SSSR count). The van der Waals surface area contributed by atoms with E-state index in [1.807, 2.05) is 32.6 Å². The molecule has 1 heterocycles. The molecular formula is C14H26N4O. The molecule has 0 amide bonds. The van der Waals surface area contributed by atoms with Gasteiger partial charge >= 0.3 is 0 Å². The third kappa shape index (κ3) is 4.06. The van der Waals surface area contributed by atoms with Gasteiger partial charge in [0.25, 0.3) is 5.56 Å². The number of hydrogen-bond donors (Lipinski definition) is 1. The van der Waals surface area contributed by atoms with Crippen LogP contribution in [0.4, 0.5) is 5.82 Å². The molecule has 5 heteroatoms. The SMILES string of the molecule is CCNCCN(CC)c1nccn(C(C)(C)C)c1=O. The molecular weight excluding hydrogens is 240 g/mol. The van der Waals surface area contributed by atoms with Crippen molar-refractivity contribution in [2.75, 3.05) is 31.1 Å². The van der Waals surface area contributed by atoms with Crippen molar-refractivity contribution in [3.8, 4) is 0 Å². The van der Waals surface area contributed by atoms with Crippen LogP contribution in [0.15, 0.2) is 17.2 Å². The van der Waals surface area contributed by atoms with Crippen molar-refractivity contribution < 1.29 is 0 Å². The lowest BCUT2D eigenvalue weighted by Gasteiger charge is -2.26. The highest BCUT2D eigenvalue weighted by molar-refractivity contribution is 5.35.